The lowest BCUT2D eigenvalue weighted by Crippen LogP contribution is -2.41. The topological polar surface area (TPSA) is 45.6 Å². The van der Waals surface area contributed by atoms with Crippen LogP contribution in [0.25, 0.3) is 0 Å². The van der Waals surface area contributed by atoms with Crippen LogP contribution in [0.3, 0.4) is 0 Å². The highest BCUT2D eigenvalue weighted by Crippen LogP contribution is 2.23. The van der Waals surface area contributed by atoms with E-state index in [0.29, 0.717) is 6.04 Å². The summed E-state index contributed by atoms with van der Waals surface area (Å²) in [6.45, 7) is 4.18. The van der Waals surface area contributed by atoms with E-state index in [1.807, 2.05) is 6.92 Å². The highest BCUT2D eigenvalue weighted by molar-refractivity contribution is 7.09. The second-order valence-corrected chi connectivity index (χ2v) is 5.75. The number of piperidine rings is 1. The molecule has 0 aromatic carbocycles. The summed E-state index contributed by atoms with van der Waals surface area (Å²) >= 11 is 1.65. The van der Waals surface area contributed by atoms with Gasteiger partial charge in [-0.1, -0.05) is 6.42 Å². The predicted molar refractivity (Wildman–Crippen MR) is 72.7 cm³/mol. The number of likely N-dealkylation sites (tertiary alicyclic amines) is 1. The second-order valence-electron chi connectivity index (χ2n) is 4.86. The number of hydrogen-bond acceptors (Lipinski definition) is 5. The third kappa shape index (κ3) is 3.29. The van der Waals surface area contributed by atoms with Crippen molar-refractivity contribution >= 4 is 11.3 Å². The lowest BCUT2D eigenvalue weighted by atomic mass is 10.0. The van der Waals surface area contributed by atoms with Gasteiger partial charge in [0.1, 0.15) is 11.1 Å². The number of methoxy groups -OCH3 is 1. The summed E-state index contributed by atoms with van der Waals surface area (Å²) in [5.74, 6) is 0. The zero-order valence-corrected chi connectivity index (χ0v) is 11.9. The first-order valence-corrected chi connectivity index (χ1v) is 7.44. The van der Waals surface area contributed by atoms with Crippen LogP contribution in [0.2, 0.25) is 0 Å². The number of hydrogen-bond donors (Lipinski definition) is 1. The van der Waals surface area contributed by atoms with E-state index in [4.69, 9.17) is 4.74 Å². The molecular weight excluding hydrogens is 248 g/mol. The molecule has 2 unspecified atom stereocenters. The number of aromatic nitrogens is 1. The van der Waals surface area contributed by atoms with Gasteiger partial charge in [-0.05, 0) is 26.3 Å². The summed E-state index contributed by atoms with van der Waals surface area (Å²) in [5, 5.41) is 12.5. The van der Waals surface area contributed by atoms with Crippen molar-refractivity contribution in [3.63, 3.8) is 0 Å². The quantitative estimate of drug-likeness (QED) is 0.891. The van der Waals surface area contributed by atoms with Crippen LogP contribution < -0.4 is 0 Å². The van der Waals surface area contributed by atoms with Crippen LogP contribution in [-0.4, -0.2) is 41.3 Å². The number of aliphatic hydroxyl groups is 1. The maximum absolute atomic E-state index is 9.39. The summed E-state index contributed by atoms with van der Waals surface area (Å²) in [6.07, 6.45) is 3.62. The lowest BCUT2D eigenvalue weighted by molar-refractivity contribution is 0.0828. The molecule has 5 heteroatoms. The molecule has 2 atom stereocenters. The highest BCUT2D eigenvalue weighted by Gasteiger charge is 2.22. The first-order valence-electron chi connectivity index (χ1n) is 6.56. The molecule has 0 radical (unpaired) electrons. The van der Waals surface area contributed by atoms with Crippen molar-refractivity contribution in [2.24, 2.45) is 0 Å². The van der Waals surface area contributed by atoms with Gasteiger partial charge in [0.05, 0.1) is 12.3 Å². The molecule has 4 nitrogen and oxygen atoms in total. The van der Waals surface area contributed by atoms with Crippen molar-refractivity contribution in [2.75, 3.05) is 20.3 Å². The molecule has 1 saturated heterocycles. The summed E-state index contributed by atoms with van der Waals surface area (Å²) in [6, 6.07) is 0.309. The Kier molecular flexibility index (Phi) is 5.12. The number of rotatable bonds is 5. The molecule has 0 amide bonds. The maximum Gasteiger partial charge on any atom is 0.122 e. The fourth-order valence-electron chi connectivity index (χ4n) is 2.37. The van der Waals surface area contributed by atoms with Crippen LogP contribution in [-0.2, 0) is 11.3 Å². The first-order chi connectivity index (χ1) is 8.74. The van der Waals surface area contributed by atoms with E-state index in [1.165, 1.54) is 12.8 Å². The number of aliphatic hydroxyl groups excluding tert-OH is 1. The molecule has 0 saturated carbocycles. The van der Waals surface area contributed by atoms with E-state index >= 15 is 0 Å². The van der Waals surface area contributed by atoms with E-state index in [-0.39, 0.29) is 12.7 Å². The molecule has 2 heterocycles. The molecule has 2 rings (SSSR count). The number of nitrogens with zero attached hydrogens (tertiary/aromatic N) is 2. The molecule has 1 fully saturated rings. The summed E-state index contributed by atoms with van der Waals surface area (Å²) in [5.41, 5.74) is 1.10. The van der Waals surface area contributed by atoms with Gasteiger partial charge in [-0.15, -0.1) is 11.3 Å². The van der Waals surface area contributed by atoms with Gasteiger partial charge in [0.25, 0.3) is 0 Å². The molecule has 0 aliphatic carbocycles. The Hall–Kier alpha value is -0.490. The van der Waals surface area contributed by atoms with Crippen molar-refractivity contribution in [3.05, 3.63) is 16.1 Å². The standard InChI is InChI=1S/C13H22N2O2S/c1-10(17-2)13-14-11(9-18-13)7-15-6-4-3-5-12(15)8-16/h9-10,12,16H,3-8H2,1-2H3. The van der Waals surface area contributed by atoms with Crippen LogP contribution in [0.4, 0.5) is 0 Å². The largest absolute Gasteiger partial charge is 0.395 e. The normalized spacial score (nSPS) is 23.2. The Labute approximate surface area is 113 Å². The van der Waals surface area contributed by atoms with Gasteiger partial charge in [0.2, 0.25) is 0 Å². The Morgan fingerprint density at radius 3 is 3.17 bits per heavy atom. The molecule has 1 aliphatic rings. The highest BCUT2D eigenvalue weighted by atomic mass is 32.1. The predicted octanol–water partition coefficient (Wildman–Crippen LogP) is 2.20. The summed E-state index contributed by atoms with van der Waals surface area (Å²) in [4.78, 5) is 6.96. The molecular formula is C13H22N2O2S. The van der Waals surface area contributed by atoms with Crippen molar-refractivity contribution < 1.29 is 9.84 Å². The molecule has 102 valence electrons. The molecule has 1 aromatic rings. The third-order valence-corrected chi connectivity index (χ3v) is 4.65. The fourth-order valence-corrected chi connectivity index (χ4v) is 3.21. The number of thiazole rings is 1. The van der Waals surface area contributed by atoms with E-state index < -0.39 is 0 Å². The molecule has 1 aromatic heterocycles. The second kappa shape index (κ2) is 6.61. The van der Waals surface area contributed by atoms with Crippen LogP contribution in [0.1, 0.15) is 43.0 Å². The van der Waals surface area contributed by atoms with Gasteiger partial charge in [0.15, 0.2) is 0 Å². The van der Waals surface area contributed by atoms with Gasteiger partial charge in [0, 0.05) is 25.1 Å². The fraction of sp³-hybridized carbons (Fsp3) is 0.769. The van der Waals surface area contributed by atoms with Gasteiger partial charge in [-0.25, -0.2) is 4.98 Å². The minimum absolute atomic E-state index is 0.0683. The Balaban J connectivity index is 1.97. The molecule has 18 heavy (non-hydrogen) atoms. The Bertz CT molecular complexity index is 370. The van der Waals surface area contributed by atoms with Crippen LogP contribution in [0.15, 0.2) is 5.38 Å². The molecule has 0 spiro atoms. The van der Waals surface area contributed by atoms with Crippen molar-refractivity contribution in [2.45, 2.75) is 44.9 Å². The minimum atomic E-state index is 0.0683. The van der Waals surface area contributed by atoms with Crippen molar-refractivity contribution in [1.82, 2.24) is 9.88 Å². The number of ether oxygens (including phenoxy) is 1. The zero-order valence-electron chi connectivity index (χ0n) is 11.1. The molecule has 0 bridgehead atoms. The zero-order chi connectivity index (χ0) is 13.0. The van der Waals surface area contributed by atoms with E-state index in [0.717, 1.165) is 30.2 Å². The van der Waals surface area contributed by atoms with Gasteiger partial charge in [-0.3, -0.25) is 4.90 Å². The smallest absolute Gasteiger partial charge is 0.122 e. The van der Waals surface area contributed by atoms with Crippen molar-refractivity contribution in [1.29, 1.82) is 0 Å². The summed E-state index contributed by atoms with van der Waals surface area (Å²) in [7, 11) is 1.71. The molecule has 1 aliphatic heterocycles. The molecule has 1 N–H and O–H groups in total. The van der Waals surface area contributed by atoms with E-state index in [2.05, 4.69) is 15.3 Å². The van der Waals surface area contributed by atoms with Crippen LogP contribution in [0, 0.1) is 0 Å². The Morgan fingerprint density at radius 2 is 2.44 bits per heavy atom. The van der Waals surface area contributed by atoms with Crippen LogP contribution >= 0.6 is 11.3 Å². The average molecular weight is 270 g/mol. The van der Waals surface area contributed by atoms with E-state index in [9.17, 15) is 5.11 Å². The Morgan fingerprint density at radius 1 is 1.61 bits per heavy atom. The SMILES string of the molecule is COC(C)c1nc(CN2CCCCC2CO)cs1. The van der Waals surface area contributed by atoms with Crippen molar-refractivity contribution in [3.8, 4) is 0 Å². The summed E-state index contributed by atoms with van der Waals surface area (Å²) < 4.78 is 5.28. The third-order valence-electron chi connectivity index (χ3n) is 3.60. The average Bonchev–Trinajstić information content (AvgIpc) is 2.87. The van der Waals surface area contributed by atoms with Gasteiger partial charge >= 0.3 is 0 Å². The lowest BCUT2D eigenvalue weighted by Gasteiger charge is -2.33. The van der Waals surface area contributed by atoms with Gasteiger partial charge < -0.3 is 9.84 Å². The minimum Gasteiger partial charge on any atom is -0.395 e. The first kappa shape index (κ1) is 13.9. The van der Waals surface area contributed by atoms with E-state index in [1.54, 1.807) is 18.4 Å². The van der Waals surface area contributed by atoms with Crippen LogP contribution in [0.5, 0.6) is 0 Å². The van der Waals surface area contributed by atoms with Gasteiger partial charge in [-0.2, -0.15) is 0 Å². The maximum atomic E-state index is 9.39. The monoisotopic (exact) mass is 270 g/mol.